The molecular weight excluding hydrogens is 257 g/mol. The number of alkyl halides is 3. The van der Waals surface area contributed by atoms with Crippen molar-refractivity contribution in [3.8, 4) is 0 Å². The lowest BCUT2D eigenvalue weighted by Gasteiger charge is -2.14. The van der Waals surface area contributed by atoms with Crippen LogP contribution in [0.5, 0.6) is 0 Å². The maximum atomic E-state index is 12.1. The molecule has 1 aromatic heterocycles. The van der Waals surface area contributed by atoms with Crippen LogP contribution >= 0.6 is 11.3 Å². The highest BCUT2D eigenvalue weighted by atomic mass is 32.1. The van der Waals surface area contributed by atoms with Crippen LogP contribution in [0.4, 0.5) is 18.3 Å². The molecule has 1 rings (SSSR count). The van der Waals surface area contributed by atoms with Crippen LogP contribution in [0.3, 0.4) is 0 Å². The average molecular weight is 268 g/mol. The van der Waals surface area contributed by atoms with Gasteiger partial charge in [-0.3, -0.25) is 0 Å². The summed E-state index contributed by atoms with van der Waals surface area (Å²) < 4.78 is 36.2. The molecule has 17 heavy (non-hydrogen) atoms. The van der Waals surface area contributed by atoms with Gasteiger partial charge in [-0.05, 0) is 13.8 Å². The minimum atomic E-state index is -4.26. The number of carboxylic acids is 1. The molecule has 0 aliphatic carbocycles. The van der Waals surface area contributed by atoms with E-state index in [-0.39, 0.29) is 10.8 Å². The number of carbonyl (C=O) groups is 1. The van der Waals surface area contributed by atoms with Gasteiger partial charge in [0.05, 0.1) is 6.42 Å². The molecule has 8 heteroatoms. The molecule has 1 atom stereocenters. The quantitative estimate of drug-likeness (QED) is 0.881. The molecule has 0 saturated carbocycles. The summed E-state index contributed by atoms with van der Waals surface area (Å²) in [5.41, 5.74) is -0.128. The monoisotopic (exact) mass is 268 g/mol. The van der Waals surface area contributed by atoms with E-state index >= 15 is 0 Å². The molecule has 0 spiro atoms. The standard InChI is InChI=1S/C9H11F3N2O2S/c1-4(3-9(10,11)12)13-8-14-6(7(15)16)5(2)17-8/h4H,3H2,1-2H3,(H,13,14)(H,15,16). The number of aryl methyl sites for hydroxylation is 1. The van der Waals surface area contributed by atoms with E-state index in [1.165, 1.54) is 6.92 Å². The van der Waals surface area contributed by atoms with E-state index in [0.29, 0.717) is 4.88 Å². The maximum Gasteiger partial charge on any atom is 0.391 e. The minimum absolute atomic E-state index is 0.128. The predicted molar refractivity (Wildman–Crippen MR) is 57.6 cm³/mol. The Labute approximate surface area is 99.5 Å². The fourth-order valence-corrected chi connectivity index (χ4v) is 2.18. The van der Waals surface area contributed by atoms with E-state index < -0.39 is 24.6 Å². The topological polar surface area (TPSA) is 62.2 Å². The fourth-order valence-electron chi connectivity index (χ4n) is 1.27. The summed E-state index contributed by atoms with van der Waals surface area (Å²) in [5.74, 6) is -1.18. The minimum Gasteiger partial charge on any atom is -0.476 e. The molecule has 0 radical (unpaired) electrons. The zero-order chi connectivity index (χ0) is 13.2. The van der Waals surface area contributed by atoms with E-state index in [1.807, 2.05) is 0 Å². The lowest BCUT2D eigenvalue weighted by molar-refractivity contribution is -0.136. The summed E-state index contributed by atoms with van der Waals surface area (Å²) in [6, 6.07) is -0.845. The van der Waals surface area contributed by atoms with Crippen molar-refractivity contribution in [1.29, 1.82) is 0 Å². The van der Waals surface area contributed by atoms with Crippen LogP contribution in [0.2, 0.25) is 0 Å². The highest BCUT2D eigenvalue weighted by Gasteiger charge is 2.30. The van der Waals surface area contributed by atoms with Crippen molar-refractivity contribution in [2.75, 3.05) is 5.32 Å². The summed E-state index contributed by atoms with van der Waals surface area (Å²) in [5, 5.41) is 11.5. The van der Waals surface area contributed by atoms with E-state index in [4.69, 9.17) is 5.11 Å². The first kappa shape index (κ1) is 13.8. The lowest BCUT2D eigenvalue weighted by Crippen LogP contribution is -2.23. The van der Waals surface area contributed by atoms with Gasteiger partial charge in [-0.15, -0.1) is 11.3 Å². The van der Waals surface area contributed by atoms with Gasteiger partial charge in [0.15, 0.2) is 10.8 Å². The molecule has 1 unspecified atom stereocenters. The van der Waals surface area contributed by atoms with Crippen molar-refractivity contribution in [1.82, 2.24) is 4.98 Å². The molecule has 0 fully saturated rings. The third kappa shape index (κ3) is 4.22. The Balaban J connectivity index is 2.69. The van der Waals surface area contributed by atoms with Crippen LogP contribution < -0.4 is 5.32 Å². The molecule has 1 aromatic rings. The molecular formula is C9H11F3N2O2S. The summed E-state index contributed by atoms with van der Waals surface area (Å²) in [6.07, 6.45) is -5.25. The summed E-state index contributed by atoms with van der Waals surface area (Å²) in [6.45, 7) is 2.92. The molecule has 0 aliphatic heterocycles. The van der Waals surface area contributed by atoms with Crippen molar-refractivity contribution in [3.05, 3.63) is 10.6 Å². The van der Waals surface area contributed by atoms with Crippen LogP contribution in [0.15, 0.2) is 0 Å². The number of hydrogen-bond acceptors (Lipinski definition) is 4. The first-order valence-electron chi connectivity index (χ1n) is 4.73. The summed E-state index contributed by atoms with van der Waals surface area (Å²) in [4.78, 5) is 14.9. The van der Waals surface area contributed by atoms with Crippen LogP contribution in [0.1, 0.15) is 28.7 Å². The van der Waals surface area contributed by atoms with Gasteiger partial charge in [0.1, 0.15) is 0 Å². The number of anilines is 1. The Bertz CT molecular complexity index is 417. The number of rotatable bonds is 4. The zero-order valence-corrected chi connectivity index (χ0v) is 9.95. The molecule has 2 N–H and O–H groups in total. The average Bonchev–Trinajstić information content (AvgIpc) is 2.42. The maximum absolute atomic E-state index is 12.1. The van der Waals surface area contributed by atoms with Gasteiger partial charge >= 0.3 is 12.1 Å². The van der Waals surface area contributed by atoms with Crippen LogP contribution in [0.25, 0.3) is 0 Å². The summed E-state index contributed by atoms with van der Waals surface area (Å²) >= 11 is 1.03. The zero-order valence-electron chi connectivity index (χ0n) is 9.13. The first-order valence-corrected chi connectivity index (χ1v) is 5.54. The second-order valence-electron chi connectivity index (χ2n) is 3.59. The fraction of sp³-hybridized carbons (Fsp3) is 0.556. The molecule has 96 valence electrons. The predicted octanol–water partition coefficient (Wildman–Crippen LogP) is 2.90. The highest BCUT2D eigenvalue weighted by molar-refractivity contribution is 7.15. The molecule has 4 nitrogen and oxygen atoms in total. The van der Waals surface area contributed by atoms with E-state index in [2.05, 4.69) is 10.3 Å². The largest absolute Gasteiger partial charge is 0.476 e. The van der Waals surface area contributed by atoms with Crippen LogP contribution in [-0.4, -0.2) is 28.3 Å². The number of aromatic nitrogens is 1. The van der Waals surface area contributed by atoms with Crippen molar-refractivity contribution >= 4 is 22.4 Å². The van der Waals surface area contributed by atoms with Crippen molar-refractivity contribution in [3.63, 3.8) is 0 Å². The van der Waals surface area contributed by atoms with Gasteiger partial charge < -0.3 is 10.4 Å². The van der Waals surface area contributed by atoms with Gasteiger partial charge in [0, 0.05) is 10.9 Å². The number of aromatic carboxylic acids is 1. The van der Waals surface area contributed by atoms with Crippen molar-refractivity contribution in [2.24, 2.45) is 0 Å². The normalized spacial score (nSPS) is 13.5. The van der Waals surface area contributed by atoms with E-state index in [0.717, 1.165) is 11.3 Å². The third-order valence-corrected chi connectivity index (χ3v) is 2.81. The lowest BCUT2D eigenvalue weighted by atomic mass is 10.2. The Morgan fingerprint density at radius 1 is 1.59 bits per heavy atom. The molecule has 1 heterocycles. The van der Waals surface area contributed by atoms with Gasteiger partial charge in [-0.1, -0.05) is 0 Å². The first-order chi connectivity index (χ1) is 7.69. The molecule has 0 amide bonds. The van der Waals surface area contributed by atoms with Crippen molar-refractivity contribution in [2.45, 2.75) is 32.5 Å². The Hall–Kier alpha value is -1.31. The molecule has 0 aliphatic rings. The van der Waals surface area contributed by atoms with Crippen LogP contribution in [0, 0.1) is 6.92 Å². The highest BCUT2D eigenvalue weighted by Crippen LogP contribution is 2.26. The number of nitrogens with zero attached hydrogens (tertiary/aromatic N) is 1. The van der Waals surface area contributed by atoms with E-state index in [1.54, 1.807) is 6.92 Å². The Morgan fingerprint density at radius 3 is 2.59 bits per heavy atom. The van der Waals surface area contributed by atoms with Crippen molar-refractivity contribution < 1.29 is 23.1 Å². The number of halogens is 3. The Morgan fingerprint density at radius 2 is 2.18 bits per heavy atom. The van der Waals surface area contributed by atoms with Gasteiger partial charge in [-0.25, -0.2) is 9.78 Å². The molecule has 0 bridgehead atoms. The summed E-state index contributed by atoms with van der Waals surface area (Å²) in [7, 11) is 0. The number of nitrogens with one attached hydrogen (secondary N) is 1. The molecule has 0 aromatic carbocycles. The number of carboxylic acid groups (broad SMARTS) is 1. The third-order valence-electron chi connectivity index (χ3n) is 1.91. The van der Waals surface area contributed by atoms with Crippen LogP contribution in [-0.2, 0) is 0 Å². The van der Waals surface area contributed by atoms with E-state index in [9.17, 15) is 18.0 Å². The SMILES string of the molecule is Cc1sc(NC(C)CC(F)(F)F)nc1C(=O)O. The second-order valence-corrected chi connectivity index (χ2v) is 4.80. The van der Waals surface area contributed by atoms with Gasteiger partial charge in [-0.2, -0.15) is 13.2 Å². The van der Waals surface area contributed by atoms with Gasteiger partial charge in [0.25, 0.3) is 0 Å². The van der Waals surface area contributed by atoms with Gasteiger partial charge in [0.2, 0.25) is 0 Å². The number of thiazole rings is 1. The Kier molecular flexibility index (Phi) is 3.97. The second kappa shape index (κ2) is 4.91. The smallest absolute Gasteiger partial charge is 0.391 e. The number of hydrogen-bond donors (Lipinski definition) is 2. The molecule has 0 saturated heterocycles.